The van der Waals surface area contributed by atoms with Gasteiger partial charge in [0, 0.05) is 26.3 Å². The van der Waals surface area contributed by atoms with E-state index in [1.807, 2.05) is 0 Å². The van der Waals surface area contributed by atoms with Gasteiger partial charge in [0.25, 0.3) is 0 Å². The first-order valence-electron chi connectivity index (χ1n) is 6.80. The molecule has 1 aromatic carbocycles. The Hall–Kier alpha value is -0.860. The number of benzene rings is 1. The van der Waals surface area contributed by atoms with Crippen LogP contribution >= 0.6 is 0 Å². The lowest BCUT2D eigenvalue weighted by Crippen LogP contribution is -2.30. The Labute approximate surface area is 103 Å². The molecule has 2 aliphatic rings. The van der Waals surface area contributed by atoms with E-state index >= 15 is 0 Å². The molecule has 17 heavy (non-hydrogen) atoms. The van der Waals surface area contributed by atoms with Crippen LogP contribution in [0.25, 0.3) is 0 Å². The predicted octanol–water partition coefficient (Wildman–Crippen LogP) is 2.69. The van der Waals surface area contributed by atoms with Crippen molar-refractivity contribution >= 4 is 0 Å². The molecule has 2 heteroatoms. The van der Waals surface area contributed by atoms with Crippen LogP contribution in [0.4, 0.5) is 0 Å². The lowest BCUT2D eigenvalue weighted by Gasteiger charge is -2.31. The number of rotatable bonds is 2. The molecule has 0 aromatic heterocycles. The molecule has 1 aromatic rings. The second kappa shape index (κ2) is 5.19. The fourth-order valence-electron chi connectivity index (χ4n) is 3.19. The molecule has 0 radical (unpaired) electrons. The summed E-state index contributed by atoms with van der Waals surface area (Å²) in [4.78, 5) is 0. The maximum absolute atomic E-state index is 5.59. The number of hydrogen-bond acceptors (Lipinski definition) is 2. The fourth-order valence-corrected chi connectivity index (χ4v) is 3.19. The maximum atomic E-state index is 5.59. The summed E-state index contributed by atoms with van der Waals surface area (Å²) in [5, 5.41) is 3.54. The standard InChI is InChI=1S/C15H21NO/c1-2-6-15-13(5-1)9-16-10-14(15)8-12-4-3-7-17-11-12/h1-2,5-6,12,14,16H,3-4,7-11H2. The first-order chi connectivity index (χ1) is 8.43. The minimum atomic E-state index is 0.687. The average molecular weight is 231 g/mol. The van der Waals surface area contributed by atoms with Crippen LogP contribution in [-0.4, -0.2) is 19.8 Å². The van der Waals surface area contributed by atoms with Gasteiger partial charge in [0.15, 0.2) is 0 Å². The molecule has 2 aliphatic heterocycles. The molecular weight excluding hydrogens is 210 g/mol. The van der Waals surface area contributed by atoms with Gasteiger partial charge in [-0.2, -0.15) is 0 Å². The van der Waals surface area contributed by atoms with Gasteiger partial charge in [0.2, 0.25) is 0 Å². The summed E-state index contributed by atoms with van der Waals surface area (Å²) in [6, 6.07) is 8.89. The van der Waals surface area contributed by atoms with E-state index in [1.165, 1.54) is 24.8 Å². The molecule has 0 bridgehead atoms. The van der Waals surface area contributed by atoms with Crippen molar-refractivity contribution in [3.63, 3.8) is 0 Å². The Morgan fingerprint density at radius 1 is 1.29 bits per heavy atom. The third kappa shape index (κ3) is 2.53. The molecule has 1 fully saturated rings. The van der Waals surface area contributed by atoms with Gasteiger partial charge in [-0.1, -0.05) is 24.3 Å². The van der Waals surface area contributed by atoms with E-state index in [1.54, 1.807) is 5.56 Å². The van der Waals surface area contributed by atoms with E-state index in [2.05, 4.69) is 29.6 Å². The minimum absolute atomic E-state index is 0.687. The maximum Gasteiger partial charge on any atom is 0.0494 e. The zero-order valence-corrected chi connectivity index (χ0v) is 10.3. The highest BCUT2D eigenvalue weighted by atomic mass is 16.5. The third-order valence-electron chi connectivity index (χ3n) is 4.07. The highest BCUT2D eigenvalue weighted by molar-refractivity contribution is 5.32. The first kappa shape index (κ1) is 11.2. The molecular formula is C15H21NO. The van der Waals surface area contributed by atoms with Crippen molar-refractivity contribution in [1.29, 1.82) is 0 Å². The lowest BCUT2D eigenvalue weighted by atomic mass is 9.82. The molecule has 2 nitrogen and oxygen atoms in total. The Bertz CT molecular complexity index is 371. The number of hydrogen-bond donors (Lipinski definition) is 1. The van der Waals surface area contributed by atoms with E-state index in [0.29, 0.717) is 5.92 Å². The van der Waals surface area contributed by atoms with Gasteiger partial charge in [-0.05, 0) is 42.2 Å². The van der Waals surface area contributed by atoms with Crippen LogP contribution in [0.1, 0.15) is 36.3 Å². The molecule has 0 spiro atoms. The van der Waals surface area contributed by atoms with E-state index in [4.69, 9.17) is 4.74 Å². The molecule has 2 unspecified atom stereocenters. The van der Waals surface area contributed by atoms with E-state index < -0.39 is 0 Å². The normalized spacial score (nSPS) is 28.7. The highest BCUT2D eigenvalue weighted by Gasteiger charge is 2.24. The lowest BCUT2D eigenvalue weighted by molar-refractivity contribution is 0.0486. The van der Waals surface area contributed by atoms with Crippen LogP contribution in [0.3, 0.4) is 0 Å². The molecule has 0 amide bonds. The molecule has 3 rings (SSSR count). The quantitative estimate of drug-likeness (QED) is 0.845. The first-order valence-corrected chi connectivity index (χ1v) is 6.80. The van der Waals surface area contributed by atoms with Gasteiger partial charge in [0.05, 0.1) is 0 Å². The average Bonchev–Trinajstić information content (AvgIpc) is 2.40. The van der Waals surface area contributed by atoms with Crippen molar-refractivity contribution in [3.8, 4) is 0 Å². The van der Waals surface area contributed by atoms with Gasteiger partial charge >= 0.3 is 0 Å². The number of nitrogens with one attached hydrogen (secondary N) is 1. The van der Waals surface area contributed by atoms with E-state index in [-0.39, 0.29) is 0 Å². The summed E-state index contributed by atoms with van der Waals surface area (Å²) < 4.78 is 5.59. The molecule has 0 aliphatic carbocycles. The SMILES string of the molecule is c1ccc2c(c1)CNCC2CC1CCCOC1. The number of fused-ring (bicyclic) bond motifs is 1. The van der Waals surface area contributed by atoms with Gasteiger partial charge in [-0.3, -0.25) is 0 Å². The summed E-state index contributed by atoms with van der Waals surface area (Å²) >= 11 is 0. The Kier molecular flexibility index (Phi) is 3.44. The van der Waals surface area contributed by atoms with Crippen LogP contribution in [-0.2, 0) is 11.3 Å². The largest absolute Gasteiger partial charge is 0.381 e. The van der Waals surface area contributed by atoms with Gasteiger partial charge in [0.1, 0.15) is 0 Å². The Morgan fingerprint density at radius 2 is 2.24 bits per heavy atom. The molecule has 0 saturated carbocycles. The monoisotopic (exact) mass is 231 g/mol. The van der Waals surface area contributed by atoms with E-state index in [9.17, 15) is 0 Å². The smallest absolute Gasteiger partial charge is 0.0494 e. The van der Waals surface area contributed by atoms with Crippen molar-refractivity contribution in [2.45, 2.75) is 31.7 Å². The van der Waals surface area contributed by atoms with Gasteiger partial charge in [-0.25, -0.2) is 0 Å². The zero-order chi connectivity index (χ0) is 11.5. The van der Waals surface area contributed by atoms with E-state index in [0.717, 1.165) is 32.2 Å². The molecule has 2 heterocycles. The van der Waals surface area contributed by atoms with Gasteiger partial charge < -0.3 is 10.1 Å². The van der Waals surface area contributed by atoms with Crippen LogP contribution in [0.15, 0.2) is 24.3 Å². The van der Waals surface area contributed by atoms with Crippen LogP contribution in [0.5, 0.6) is 0 Å². The highest BCUT2D eigenvalue weighted by Crippen LogP contribution is 2.31. The Balaban J connectivity index is 1.71. The second-order valence-electron chi connectivity index (χ2n) is 5.35. The van der Waals surface area contributed by atoms with Gasteiger partial charge in [-0.15, -0.1) is 0 Å². The third-order valence-corrected chi connectivity index (χ3v) is 4.07. The topological polar surface area (TPSA) is 21.3 Å². The molecule has 1 N–H and O–H groups in total. The molecule has 2 atom stereocenters. The molecule has 92 valence electrons. The van der Waals surface area contributed by atoms with Crippen LogP contribution < -0.4 is 5.32 Å². The van der Waals surface area contributed by atoms with Crippen molar-refractivity contribution in [1.82, 2.24) is 5.32 Å². The summed E-state index contributed by atoms with van der Waals surface area (Å²) in [6.07, 6.45) is 3.87. The summed E-state index contributed by atoms with van der Waals surface area (Å²) in [5.41, 5.74) is 3.05. The second-order valence-corrected chi connectivity index (χ2v) is 5.35. The Morgan fingerprint density at radius 3 is 3.12 bits per heavy atom. The van der Waals surface area contributed by atoms with Crippen LogP contribution in [0, 0.1) is 5.92 Å². The minimum Gasteiger partial charge on any atom is -0.381 e. The van der Waals surface area contributed by atoms with Crippen molar-refractivity contribution in [2.24, 2.45) is 5.92 Å². The van der Waals surface area contributed by atoms with Crippen LogP contribution in [0.2, 0.25) is 0 Å². The zero-order valence-electron chi connectivity index (χ0n) is 10.3. The molecule has 1 saturated heterocycles. The number of ether oxygens (including phenoxy) is 1. The van der Waals surface area contributed by atoms with Crippen molar-refractivity contribution in [2.75, 3.05) is 19.8 Å². The van der Waals surface area contributed by atoms with Crippen molar-refractivity contribution in [3.05, 3.63) is 35.4 Å². The predicted molar refractivity (Wildman–Crippen MR) is 69.0 cm³/mol. The van der Waals surface area contributed by atoms with Crippen molar-refractivity contribution < 1.29 is 4.74 Å². The summed E-state index contributed by atoms with van der Waals surface area (Å²) in [5.74, 6) is 1.45. The summed E-state index contributed by atoms with van der Waals surface area (Å²) in [6.45, 7) is 4.11. The summed E-state index contributed by atoms with van der Waals surface area (Å²) in [7, 11) is 0. The fraction of sp³-hybridized carbons (Fsp3) is 0.600.